The number of carboxylic acid groups (broad SMARTS) is 1. The maximum atomic E-state index is 13.6. The van der Waals surface area contributed by atoms with Crippen LogP contribution in [0.5, 0.6) is 0 Å². The number of pyridine rings is 1. The first-order chi connectivity index (χ1) is 18.2. The van der Waals surface area contributed by atoms with Crippen LogP contribution < -0.4 is 16.4 Å². The molecule has 1 aliphatic heterocycles. The highest BCUT2D eigenvalue weighted by atomic mass is 32.2. The molecule has 14 heteroatoms. The van der Waals surface area contributed by atoms with Gasteiger partial charge in [0.15, 0.2) is 0 Å². The van der Waals surface area contributed by atoms with E-state index in [-0.39, 0.29) is 27.4 Å². The van der Waals surface area contributed by atoms with Gasteiger partial charge in [0, 0.05) is 31.0 Å². The molecule has 5 N–H and O–H groups in total. The Hall–Kier alpha value is -3.88. The smallest absolute Gasteiger partial charge is 0.325 e. The number of sulfonamides is 1. The van der Waals surface area contributed by atoms with E-state index in [9.17, 15) is 32.7 Å². The van der Waals surface area contributed by atoms with E-state index >= 15 is 0 Å². The lowest BCUT2D eigenvalue weighted by Gasteiger charge is -2.34. The molecule has 1 aliphatic rings. The van der Waals surface area contributed by atoms with Crippen LogP contribution in [0.1, 0.15) is 23.2 Å². The average Bonchev–Trinajstić information content (AvgIpc) is 2.93. The summed E-state index contributed by atoms with van der Waals surface area (Å²) in [6.07, 6.45) is 3.89. The quantitative estimate of drug-likeness (QED) is 0.222. The number of piperidine rings is 1. The van der Waals surface area contributed by atoms with Gasteiger partial charge in [-0.15, -0.1) is 4.41 Å². The fourth-order valence-corrected chi connectivity index (χ4v) is 5.32. The van der Waals surface area contributed by atoms with Gasteiger partial charge in [-0.05, 0) is 56.1 Å². The van der Waals surface area contributed by atoms with E-state index in [0.717, 1.165) is 38.2 Å². The monoisotopic (exact) mass is 546 g/mol. The lowest BCUT2D eigenvalue weighted by atomic mass is 9.98. The molecule has 2 aromatic rings. The molecule has 2 heterocycles. The van der Waals surface area contributed by atoms with Crippen LogP contribution in [-0.2, 0) is 24.4 Å². The summed E-state index contributed by atoms with van der Waals surface area (Å²) in [5.74, 6) is -6.34. The topological polar surface area (TPSA) is 192 Å². The molecule has 0 saturated carbocycles. The van der Waals surface area contributed by atoms with Crippen LogP contribution in [0.4, 0.5) is 0 Å². The normalized spacial score (nSPS) is 14.8. The molecule has 0 bridgehead atoms. The molecule has 0 radical (unpaired) electrons. The number of hydrogen-bond acceptors (Lipinski definition) is 9. The molecule has 1 atom stereocenters. The van der Waals surface area contributed by atoms with Crippen LogP contribution in [0.25, 0.3) is 0 Å². The molecule has 1 fully saturated rings. The number of carbonyl (C=O) groups is 4. The number of amides is 3. The summed E-state index contributed by atoms with van der Waals surface area (Å²) in [5, 5.41) is 15.7. The number of nitrogens with two attached hydrogens (primary N) is 1. The van der Waals surface area contributed by atoms with Gasteiger partial charge < -0.3 is 21.5 Å². The SMILES string of the molecule is NCC(C(=O)NCC1CCNCC1)C(=O)N(CC(=O)O)N(C(=O)c1ccccc1)S(=O)(=O)c1cccnc1. The summed E-state index contributed by atoms with van der Waals surface area (Å²) in [6.45, 7) is 0.0655. The lowest BCUT2D eigenvalue weighted by molar-refractivity contribution is -0.155. The van der Waals surface area contributed by atoms with Crippen LogP contribution >= 0.6 is 0 Å². The maximum Gasteiger partial charge on any atom is 0.325 e. The summed E-state index contributed by atoms with van der Waals surface area (Å²) >= 11 is 0. The van der Waals surface area contributed by atoms with Crippen molar-refractivity contribution in [1.82, 2.24) is 25.0 Å². The summed E-state index contributed by atoms with van der Waals surface area (Å²) < 4.78 is 27.3. The van der Waals surface area contributed by atoms with Gasteiger partial charge in [0.05, 0.1) is 0 Å². The standard InChI is InChI=1S/C24H30N6O7S/c25-13-20(22(33)28-14-17-8-11-26-12-9-17)24(35)29(16-21(31)32)30(23(34)18-5-2-1-3-6-18)38(36,37)19-7-4-10-27-15-19/h1-7,10,15,17,20,26H,8-9,11-14,16,25H2,(H,28,33)(H,31,32). The van der Waals surface area contributed by atoms with Gasteiger partial charge in [0.1, 0.15) is 17.4 Å². The van der Waals surface area contributed by atoms with Crippen LogP contribution in [0, 0.1) is 11.8 Å². The minimum Gasteiger partial charge on any atom is -0.480 e. The Morgan fingerprint density at radius 3 is 2.37 bits per heavy atom. The highest BCUT2D eigenvalue weighted by Gasteiger charge is 2.42. The molecule has 1 unspecified atom stereocenters. The van der Waals surface area contributed by atoms with Crippen molar-refractivity contribution in [3.63, 3.8) is 0 Å². The van der Waals surface area contributed by atoms with E-state index in [0.29, 0.717) is 0 Å². The number of carboxylic acids is 1. The summed E-state index contributed by atoms with van der Waals surface area (Å²) in [7, 11) is -4.85. The number of benzene rings is 1. The van der Waals surface area contributed by atoms with E-state index in [2.05, 4.69) is 15.6 Å². The zero-order chi connectivity index (χ0) is 27.7. The van der Waals surface area contributed by atoms with Crippen molar-refractivity contribution in [2.24, 2.45) is 17.6 Å². The van der Waals surface area contributed by atoms with Gasteiger partial charge in [0.25, 0.3) is 21.8 Å². The van der Waals surface area contributed by atoms with Crippen molar-refractivity contribution in [1.29, 1.82) is 0 Å². The Kier molecular flexibility index (Phi) is 9.87. The highest BCUT2D eigenvalue weighted by molar-refractivity contribution is 7.89. The maximum absolute atomic E-state index is 13.6. The van der Waals surface area contributed by atoms with E-state index in [4.69, 9.17) is 5.73 Å². The first-order valence-corrected chi connectivity index (χ1v) is 13.4. The summed E-state index contributed by atoms with van der Waals surface area (Å²) in [4.78, 5) is 55.1. The number of hydrazine groups is 1. The van der Waals surface area contributed by atoms with Crippen molar-refractivity contribution >= 4 is 33.7 Å². The Bertz CT molecular complexity index is 1240. The van der Waals surface area contributed by atoms with Crippen LogP contribution in [0.3, 0.4) is 0 Å². The second-order valence-electron chi connectivity index (χ2n) is 8.62. The molecule has 38 heavy (non-hydrogen) atoms. The Balaban J connectivity index is 2.00. The number of carbonyl (C=O) groups excluding carboxylic acids is 3. The fraction of sp³-hybridized carbons (Fsp3) is 0.375. The highest BCUT2D eigenvalue weighted by Crippen LogP contribution is 2.22. The second kappa shape index (κ2) is 13.1. The van der Waals surface area contributed by atoms with E-state index < -0.39 is 57.6 Å². The molecule has 13 nitrogen and oxygen atoms in total. The number of aliphatic carboxylic acids is 1. The number of hydrogen-bond donors (Lipinski definition) is 4. The van der Waals surface area contributed by atoms with Crippen molar-refractivity contribution in [2.45, 2.75) is 17.7 Å². The average molecular weight is 547 g/mol. The predicted octanol–water partition coefficient (Wildman–Crippen LogP) is -0.568. The minimum absolute atomic E-state index is 0.0680. The number of nitrogens with zero attached hydrogens (tertiary/aromatic N) is 3. The molecular formula is C24H30N6O7S. The molecule has 1 aromatic carbocycles. The molecule has 1 aromatic heterocycles. The summed E-state index contributed by atoms with van der Waals surface area (Å²) in [6, 6.07) is 9.60. The summed E-state index contributed by atoms with van der Waals surface area (Å²) in [5.41, 5.74) is 5.59. The van der Waals surface area contributed by atoms with E-state index in [1.54, 1.807) is 6.07 Å². The van der Waals surface area contributed by atoms with Gasteiger partial charge in [-0.3, -0.25) is 24.2 Å². The molecule has 204 valence electrons. The van der Waals surface area contributed by atoms with E-state index in [1.165, 1.54) is 36.5 Å². The molecule has 1 saturated heterocycles. The second-order valence-corrected chi connectivity index (χ2v) is 10.4. The lowest BCUT2D eigenvalue weighted by Crippen LogP contribution is -2.58. The molecule has 3 rings (SSSR count). The van der Waals surface area contributed by atoms with Gasteiger partial charge >= 0.3 is 5.97 Å². The van der Waals surface area contributed by atoms with Crippen LogP contribution in [0.15, 0.2) is 59.8 Å². The van der Waals surface area contributed by atoms with E-state index in [1.807, 2.05) is 0 Å². The zero-order valence-electron chi connectivity index (χ0n) is 20.5. The third-order valence-electron chi connectivity index (χ3n) is 5.99. The van der Waals surface area contributed by atoms with Crippen molar-refractivity contribution in [3.05, 3.63) is 60.4 Å². The molecule has 0 spiro atoms. The number of rotatable bonds is 10. The Morgan fingerprint density at radius 2 is 1.79 bits per heavy atom. The molecule has 0 aliphatic carbocycles. The Labute approximate surface area is 220 Å². The van der Waals surface area contributed by atoms with Crippen molar-refractivity contribution in [3.8, 4) is 0 Å². The molecule has 3 amide bonds. The van der Waals surface area contributed by atoms with Crippen molar-refractivity contribution < 1.29 is 32.7 Å². The first-order valence-electron chi connectivity index (χ1n) is 11.9. The predicted molar refractivity (Wildman–Crippen MR) is 135 cm³/mol. The fourth-order valence-electron chi connectivity index (χ4n) is 3.95. The van der Waals surface area contributed by atoms with Crippen LogP contribution in [-0.4, -0.2) is 84.3 Å². The third kappa shape index (κ3) is 6.90. The molecular weight excluding hydrogens is 516 g/mol. The van der Waals surface area contributed by atoms with Gasteiger partial charge in [0.2, 0.25) is 5.91 Å². The zero-order valence-corrected chi connectivity index (χ0v) is 21.3. The minimum atomic E-state index is -4.85. The van der Waals surface area contributed by atoms with Crippen LogP contribution in [0.2, 0.25) is 0 Å². The van der Waals surface area contributed by atoms with Gasteiger partial charge in [-0.2, -0.15) is 8.42 Å². The number of aromatic nitrogens is 1. The number of nitrogens with one attached hydrogen (secondary N) is 2. The van der Waals surface area contributed by atoms with Crippen molar-refractivity contribution in [2.75, 3.05) is 32.7 Å². The third-order valence-corrected chi connectivity index (χ3v) is 7.64. The van der Waals surface area contributed by atoms with Gasteiger partial charge in [-0.25, -0.2) is 5.01 Å². The first kappa shape index (κ1) is 28.7. The largest absolute Gasteiger partial charge is 0.480 e. The Morgan fingerprint density at radius 1 is 1.11 bits per heavy atom. The van der Waals surface area contributed by atoms with Gasteiger partial charge in [-0.1, -0.05) is 18.2 Å².